The summed E-state index contributed by atoms with van der Waals surface area (Å²) in [6, 6.07) is 11.5. The number of methoxy groups -OCH3 is 1. The van der Waals surface area contributed by atoms with Gasteiger partial charge in [-0.3, -0.25) is 4.79 Å². The van der Waals surface area contributed by atoms with Crippen molar-refractivity contribution in [3.05, 3.63) is 65.5 Å². The number of morpholine rings is 1. The maximum Gasteiger partial charge on any atom is 0.247 e. The fraction of sp³-hybridized carbons (Fsp3) is 0.318. The van der Waals surface area contributed by atoms with E-state index in [2.05, 4.69) is 0 Å². The van der Waals surface area contributed by atoms with Crippen LogP contribution in [0.15, 0.2) is 48.5 Å². The lowest BCUT2D eigenvalue weighted by molar-refractivity contribution is -0.134. The number of benzene rings is 2. The minimum atomic E-state index is -0.303. The van der Waals surface area contributed by atoms with Gasteiger partial charge in [-0.05, 0) is 48.4 Å². The Kier molecular flexibility index (Phi) is 6.66. The zero-order valence-electron chi connectivity index (χ0n) is 16.1. The number of carbonyl (C=O) groups is 1. The summed E-state index contributed by atoms with van der Waals surface area (Å²) in [5.74, 6) is 0.860. The van der Waals surface area contributed by atoms with E-state index >= 15 is 0 Å². The predicted octanol–water partition coefficient (Wildman–Crippen LogP) is 3.85. The molecule has 148 valence electrons. The Morgan fingerprint density at radius 3 is 2.75 bits per heavy atom. The summed E-state index contributed by atoms with van der Waals surface area (Å²) in [6.45, 7) is 3.78. The van der Waals surface area contributed by atoms with Gasteiger partial charge in [0.15, 0.2) is 11.5 Å². The third-order valence-electron chi connectivity index (χ3n) is 4.57. The molecule has 5 nitrogen and oxygen atoms in total. The molecular weight excluding hydrogens is 361 g/mol. The highest BCUT2D eigenvalue weighted by atomic mass is 19.1. The average molecular weight is 385 g/mol. The van der Waals surface area contributed by atoms with Crippen molar-refractivity contribution in [3.63, 3.8) is 0 Å². The molecule has 0 aromatic heterocycles. The van der Waals surface area contributed by atoms with E-state index in [0.717, 1.165) is 11.1 Å². The highest BCUT2D eigenvalue weighted by molar-refractivity contribution is 5.92. The first kappa shape index (κ1) is 19.9. The minimum absolute atomic E-state index is 0.119. The van der Waals surface area contributed by atoms with Crippen molar-refractivity contribution < 1.29 is 23.4 Å². The highest BCUT2D eigenvalue weighted by Crippen LogP contribution is 2.29. The quantitative estimate of drug-likeness (QED) is 0.709. The van der Waals surface area contributed by atoms with Crippen LogP contribution in [0.1, 0.15) is 24.1 Å². The molecule has 1 atom stereocenters. The Hall–Kier alpha value is -2.86. The summed E-state index contributed by atoms with van der Waals surface area (Å²) in [6.07, 6.45) is 3.29. The van der Waals surface area contributed by atoms with Crippen molar-refractivity contribution >= 4 is 12.0 Å². The third kappa shape index (κ3) is 4.70. The second-order valence-corrected chi connectivity index (χ2v) is 6.35. The first-order valence-corrected chi connectivity index (χ1v) is 9.25. The number of ether oxygens (including phenoxy) is 3. The van der Waals surface area contributed by atoms with Gasteiger partial charge in [0.2, 0.25) is 5.91 Å². The SMILES string of the molecule is CCOc1cc(C=CC(=O)N2CCOCC2c2ccc(F)cc2)ccc1OC. The van der Waals surface area contributed by atoms with Gasteiger partial charge in [0.1, 0.15) is 5.82 Å². The summed E-state index contributed by atoms with van der Waals surface area (Å²) in [5, 5.41) is 0. The molecule has 28 heavy (non-hydrogen) atoms. The van der Waals surface area contributed by atoms with Crippen LogP contribution in [0.5, 0.6) is 11.5 Å². The van der Waals surface area contributed by atoms with E-state index in [9.17, 15) is 9.18 Å². The van der Waals surface area contributed by atoms with Gasteiger partial charge < -0.3 is 19.1 Å². The second-order valence-electron chi connectivity index (χ2n) is 6.35. The molecule has 0 spiro atoms. The summed E-state index contributed by atoms with van der Waals surface area (Å²) in [7, 11) is 1.59. The molecule has 6 heteroatoms. The first-order chi connectivity index (χ1) is 13.6. The van der Waals surface area contributed by atoms with E-state index in [0.29, 0.717) is 37.9 Å². The number of hydrogen-bond acceptors (Lipinski definition) is 4. The number of rotatable bonds is 6. The van der Waals surface area contributed by atoms with Gasteiger partial charge in [0.05, 0.1) is 33.0 Å². The lowest BCUT2D eigenvalue weighted by Gasteiger charge is -2.35. The third-order valence-corrected chi connectivity index (χ3v) is 4.57. The van der Waals surface area contributed by atoms with Gasteiger partial charge in [-0.2, -0.15) is 0 Å². The van der Waals surface area contributed by atoms with Gasteiger partial charge in [-0.15, -0.1) is 0 Å². The standard InChI is InChI=1S/C22H24FNO4/c1-3-28-21-14-16(4-10-20(21)26-2)5-11-22(25)24-12-13-27-15-19(24)17-6-8-18(23)9-7-17/h4-11,14,19H,3,12-13,15H2,1-2H3. The van der Waals surface area contributed by atoms with E-state index in [-0.39, 0.29) is 17.8 Å². The van der Waals surface area contributed by atoms with Crippen molar-refractivity contribution in [2.45, 2.75) is 13.0 Å². The Morgan fingerprint density at radius 1 is 1.25 bits per heavy atom. The molecular formula is C22H24FNO4. The number of hydrogen-bond donors (Lipinski definition) is 0. The summed E-state index contributed by atoms with van der Waals surface area (Å²) >= 11 is 0. The zero-order valence-corrected chi connectivity index (χ0v) is 16.1. The molecule has 1 fully saturated rings. The molecule has 2 aromatic carbocycles. The number of carbonyl (C=O) groups excluding carboxylic acids is 1. The van der Waals surface area contributed by atoms with Crippen molar-refractivity contribution in [1.29, 1.82) is 0 Å². The molecule has 1 saturated heterocycles. The Labute approximate surface area is 164 Å². The van der Waals surface area contributed by atoms with Gasteiger partial charge in [0, 0.05) is 12.6 Å². The fourth-order valence-electron chi connectivity index (χ4n) is 3.16. The van der Waals surface area contributed by atoms with E-state index < -0.39 is 0 Å². The van der Waals surface area contributed by atoms with Crippen LogP contribution < -0.4 is 9.47 Å². The molecule has 1 aliphatic heterocycles. The number of halogens is 1. The van der Waals surface area contributed by atoms with Crippen LogP contribution >= 0.6 is 0 Å². The highest BCUT2D eigenvalue weighted by Gasteiger charge is 2.27. The molecule has 3 rings (SSSR count). The zero-order chi connectivity index (χ0) is 19.9. The Balaban J connectivity index is 1.76. The van der Waals surface area contributed by atoms with Crippen LogP contribution in [0.3, 0.4) is 0 Å². The monoisotopic (exact) mass is 385 g/mol. The number of nitrogens with zero attached hydrogens (tertiary/aromatic N) is 1. The predicted molar refractivity (Wildman–Crippen MR) is 105 cm³/mol. The molecule has 1 heterocycles. The van der Waals surface area contributed by atoms with Gasteiger partial charge in [-0.25, -0.2) is 4.39 Å². The van der Waals surface area contributed by atoms with Crippen LogP contribution in [-0.4, -0.2) is 44.3 Å². The van der Waals surface area contributed by atoms with Crippen molar-refractivity contribution in [2.24, 2.45) is 0 Å². The fourth-order valence-corrected chi connectivity index (χ4v) is 3.16. The van der Waals surface area contributed by atoms with Crippen molar-refractivity contribution in [2.75, 3.05) is 33.5 Å². The van der Waals surface area contributed by atoms with Gasteiger partial charge in [-0.1, -0.05) is 18.2 Å². The molecule has 1 aliphatic rings. The lowest BCUT2D eigenvalue weighted by atomic mass is 10.0. The summed E-state index contributed by atoms with van der Waals surface area (Å²) in [5.41, 5.74) is 1.69. The van der Waals surface area contributed by atoms with E-state index in [1.54, 1.807) is 36.3 Å². The van der Waals surface area contributed by atoms with Crippen molar-refractivity contribution in [3.8, 4) is 11.5 Å². The summed E-state index contributed by atoms with van der Waals surface area (Å²) in [4.78, 5) is 14.6. The summed E-state index contributed by atoms with van der Waals surface area (Å²) < 4.78 is 29.6. The molecule has 0 bridgehead atoms. The normalized spacial score (nSPS) is 17.0. The maximum absolute atomic E-state index is 13.2. The van der Waals surface area contributed by atoms with E-state index in [4.69, 9.17) is 14.2 Å². The van der Waals surface area contributed by atoms with Crippen LogP contribution in [0.4, 0.5) is 4.39 Å². The van der Waals surface area contributed by atoms with Gasteiger partial charge >= 0.3 is 0 Å². The Bertz CT molecular complexity index is 835. The van der Waals surface area contributed by atoms with Crippen LogP contribution in [0.25, 0.3) is 6.08 Å². The number of amides is 1. The maximum atomic E-state index is 13.2. The van der Waals surface area contributed by atoms with E-state index in [1.165, 1.54) is 12.1 Å². The molecule has 0 aliphatic carbocycles. The smallest absolute Gasteiger partial charge is 0.247 e. The molecule has 2 aromatic rings. The largest absolute Gasteiger partial charge is 0.493 e. The van der Waals surface area contributed by atoms with Gasteiger partial charge in [0.25, 0.3) is 0 Å². The van der Waals surface area contributed by atoms with E-state index in [1.807, 2.05) is 25.1 Å². The van der Waals surface area contributed by atoms with Crippen molar-refractivity contribution in [1.82, 2.24) is 4.90 Å². The molecule has 1 unspecified atom stereocenters. The van der Waals surface area contributed by atoms with Crippen LogP contribution in [0, 0.1) is 5.82 Å². The first-order valence-electron chi connectivity index (χ1n) is 9.25. The molecule has 0 saturated carbocycles. The molecule has 1 amide bonds. The topological polar surface area (TPSA) is 48.0 Å². The molecule has 0 radical (unpaired) electrons. The lowest BCUT2D eigenvalue weighted by Crippen LogP contribution is -2.42. The van der Waals surface area contributed by atoms with Crippen LogP contribution in [-0.2, 0) is 9.53 Å². The molecule has 0 N–H and O–H groups in total. The Morgan fingerprint density at radius 2 is 2.04 bits per heavy atom. The minimum Gasteiger partial charge on any atom is -0.493 e. The second kappa shape index (κ2) is 9.37. The van der Waals surface area contributed by atoms with Crippen LogP contribution in [0.2, 0.25) is 0 Å². The average Bonchev–Trinajstić information content (AvgIpc) is 2.73.